The molecule has 0 unspecified atom stereocenters. The monoisotopic (exact) mass is 249 g/mol. The van der Waals surface area contributed by atoms with E-state index in [1.54, 1.807) is 6.20 Å². The van der Waals surface area contributed by atoms with Gasteiger partial charge in [0, 0.05) is 24.2 Å². The van der Waals surface area contributed by atoms with Crippen molar-refractivity contribution in [2.45, 2.75) is 13.5 Å². The molecule has 0 fully saturated rings. The molecule has 19 heavy (non-hydrogen) atoms. The third-order valence-electron chi connectivity index (χ3n) is 3.19. The van der Waals surface area contributed by atoms with Gasteiger partial charge in [0.05, 0.1) is 12.2 Å². The van der Waals surface area contributed by atoms with Gasteiger partial charge in [-0.3, -0.25) is 9.67 Å². The molecule has 3 nitrogen and oxygen atoms in total. The number of benzene rings is 1. The van der Waals surface area contributed by atoms with Gasteiger partial charge in [0.1, 0.15) is 0 Å². The topological polar surface area (TPSA) is 30.7 Å². The molecule has 3 heteroatoms. The highest BCUT2D eigenvalue weighted by Crippen LogP contribution is 2.16. The van der Waals surface area contributed by atoms with Gasteiger partial charge in [0.25, 0.3) is 0 Å². The number of nitrogens with zero attached hydrogens (tertiary/aromatic N) is 3. The van der Waals surface area contributed by atoms with Gasteiger partial charge in [-0.1, -0.05) is 24.3 Å². The maximum atomic E-state index is 4.59. The minimum atomic E-state index is 0.799. The first-order valence-corrected chi connectivity index (χ1v) is 6.31. The van der Waals surface area contributed by atoms with Gasteiger partial charge >= 0.3 is 0 Å². The van der Waals surface area contributed by atoms with Crippen molar-refractivity contribution in [3.8, 4) is 11.3 Å². The molecule has 0 aliphatic carbocycles. The van der Waals surface area contributed by atoms with Gasteiger partial charge in [0.2, 0.25) is 0 Å². The normalized spacial score (nSPS) is 10.6. The molecule has 0 aliphatic rings. The molecule has 2 heterocycles. The predicted molar refractivity (Wildman–Crippen MR) is 75.7 cm³/mol. The Morgan fingerprint density at radius 3 is 2.74 bits per heavy atom. The molecule has 0 N–H and O–H groups in total. The minimum Gasteiger partial charge on any atom is -0.268 e. The van der Waals surface area contributed by atoms with Crippen LogP contribution in [0.25, 0.3) is 11.3 Å². The first-order valence-electron chi connectivity index (χ1n) is 6.31. The molecule has 0 amide bonds. The summed E-state index contributed by atoms with van der Waals surface area (Å²) in [6.45, 7) is 2.92. The number of hydrogen-bond donors (Lipinski definition) is 0. The highest BCUT2D eigenvalue weighted by molar-refractivity contribution is 5.56. The highest BCUT2D eigenvalue weighted by Gasteiger charge is 2.03. The Bertz CT molecular complexity index is 671. The van der Waals surface area contributed by atoms with Crippen molar-refractivity contribution in [2.24, 2.45) is 0 Å². The molecular formula is C16H15N3. The second-order valence-corrected chi connectivity index (χ2v) is 4.57. The molecule has 0 saturated heterocycles. The molecule has 2 aromatic heterocycles. The molecule has 3 aromatic rings. The highest BCUT2D eigenvalue weighted by atomic mass is 15.3. The molecular weight excluding hydrogens is 234 g/mol. The Hall–Kier alpha value is -2.42. The van der Waals surface area contributed by atoms with Crippen LogP contribution in [0.4, 0.5) is 0 Å². The van der Waals surface area contributed by atoms with E-state index in [2.05, 4.69) is 41.3 Å². The second kappa shape index (κ2) is 5.06. The Morgan fingerprint density at radius 1 is 1.05 bits per heavy atom. The zero-order valence-corrected chi connectivity index (χ0v) is 10.8. The fourth-order valence-electron chi connectivity index (χ4n) is 2.08. The number of pyridine rings is 1. The quantitative estimate of drug-likeness (QED) is 0.713. The van der Waals surface area contributed by atoms with E-state index in [1.807, 2.05) is 35.3 Å². The Balaban J connectivity index is 1.85. The summed E-state index contributed by atoms with van der Waals surface area (Å²) in [7, 11) is 0. The summed E-state index contributed by atoms with van der Waals surface area (Å²) in [5.41, 5.74) is 4.59. The maximum absolute atomic E-state index is 4.59. The molecule has 0 atom stereocenters. The van der Waals surface area contributed by atoms with E-state index < -0.39 is 0 Å². The Morgan fingerprint density at radius 2 is 1.95 bits per heavy atom. The zero-order chi connectivity index (χ0) is 13.1. The predicted octanol–water partition coefficient (Wildman–Crippen LogP) is 3.30. The smallest absolute Gasteiger partial charge is 0.0938 e. The summed E-state index contributed by atoms with van der Waals surface area (Å²) in [5.74, 6) is 0. The Kier molecular flexibility index (Phi) is 3.11. The van der Waals surface area contributed by atoms with Crippen LogP contribution in [0.3, 0.4) is 0 Å². The summed E-state index contributed by atoms with van der Waals surface area (Å²) in [6.07, 6.45) is 5.61. The van der Waals surface area contributed by atoms with Crippen LogP contribution < -0.4 is 0 Å². The molecule has 0 saturated carbocycles. The van der Waals surface area contributed by atoms with Crippen LogP contribution in [0.5, 0.6) is 0 Å². The van der Waals surface area contributed by atoms with Crippen LogP contribution in [0, 0.1) is 6.92 Å². The molecule has 0 bridgehead atoms. The molecule has 0 radical (unpaired) electrons. The zero-order valence-electron chi connectivity index (χ0n) is 10.8. The van der Waals surface area contributed by atoms with E-state index in [0.29, 0.717) is 0 Å². The molecule has 0 aliphatic heterocycles. The van der Waals surface area contributed by atoms with E-state index in [0.717, 1.165) is 17.8 Å². The lowest BCUT2D eigenvalue weighted by Gasteiger charge is -2.05. The average molecular weight is 249 g/mol. The molecule has 1 aromatic carbocycles. The summed E-state index contributed by atoms with van der Waals surface area (Å²) >= 11 is 0. The van der Waals surface area contributed by atoms with E-state index in [4.69, 9.17) is 0 Å². The lowest BCUT2D eigenvalue weighted by atomic mass is 10.1. The van der Waals surface area contributed by atoms with Crippen molar-refractivity contribution < 1.29 is 0 Å². The molecule has 3 rings (SSSR count). The van der Waals surface area contributed by atoms with E-state index in [1.165, 1.54) is 11.1 Å². The summed E-state index contributed by atoms with van der Waals surface area (Å²) in [4.78, 5) is 4.12. The van der Waals surface area contributed by atoms with Crippen molar-refractivity contribution in [3.63, 3.8) is 0 Å². The van der Waals surface area contributed by atoms with Gasteiger partial charge in [-0.05, 0) is 36.2 Å². The van der Waals surface area contributed by atoms with Crippen molar-refractivity contribution in [1.29, 1.82) is 0 Å². The average Bonchev–Trinajstić information content (AvgIpc) is 2.91. The number of hydrogen-bond acceptors (Lipinski definition) is 2. The first kappa shape index (κ1) is 11.7. The second-order valence-electron chi connectivity index (χ2n) is 4.57. The third-order valence-corrected chi connectivity index (χ3v) is 3.19. The fourth-order valence-corrected chi connectivity index (χ4v) is 2.08. The van der Waals surface area contributed by atoms with Crippen LogP contribution in [-0.2, 0) is 6.54 Å². The molecule has 94 valence electrons. The van der Waals surface area contributed by atoms with Crippen molar-refractivity contribution >= 4 is 0 Å². The standard InChI is InChI=1S/C16H15N3/c1-13-5-2-3-6-15(13)12-19-10-8-16(18-19)14-7-4-9-17-11-14/h2-11H,12H2,1H3. The van der Waals surface area contributed by atoms with Crippen molar-refractivity contribution in [2.75, 3.05) is 0 Å². The van der Waals surface area contributed by atoms with Crippen LogP contribution in [0.2, 0.25) is 0 Å². The largest absolute Gasteiger partial charge is 0.268 e. The van der Waals surface area contributed by atoms with Gasteiger partial charge in [-0.2, -0.15) is 5.10 Å². The number of aryl methyl sites for hydroxylation is 1. The van der Waals surface area contributed by atoms with Crippen LogP contribution in [0.1, 0.15) is 11.1 Å². The van der Waals surface area contributed by atoms with Gasteiger partial charge in [-0.25, -0.2) is 0 Å². The fraction of sp³-hybridized carbons (Fsp3) is 0.125. The Labute approximate surface area is 112 Å². The van der Waals surface area contributed by atoms with Crippen molar-refractivity contribution in [3.05, 3.63) is 72.2 Å². The third kappa shape index (κ3) is 2.55. The summed E-state index contributed by atoms with van der Waals surface area (Å²) < 4.78 is 1.96. The first-order chi connectivity index (χ1) is 9.33. The number of aromatic nitrogens is 3. The van der Waals surface area contributed by atoms with E-state index >= 15 is 0 Å². The van der Waals surface area contributed by atoms with E-state index in [-0.39, 0.29) is 0 Å². The SMILES string of the molecule is Cc1ccccc1Cn1ccc(-c2cccnc2)n1. The van der Waals surface area contributed by atoms with Gasteiger partial charge in [0.15, 0.2) is 0 Å². The summed E-state index contributed by atoms with van der Waals surface area (Å²) in [5, 5.41) is 4.59. The van der Waals surface area contributed by atoms with Crippen molar-refractivity contribution in [1.82, 2.24) is 14.8 Å². The van der Waals surface area contributed by atoms with Gasteiger partial charge in [-0.15, -0.1) is 0 Å². The summed E-state index contributed by atoms with van der Waals surface area (Å²) in [6, 6.07) is 14.4. The maximum Gasteiger partial charge on any atom is 0.0938 e. The lowest BCUT2D eigenvalue weighted by Crippen LogP contribution is -2.02. The minimum absolute atomic E-state index is 0.799. The van der Waals surface area contributed by atoms with E-state index in [9.17, 15) is 0 Å². The lowest BCUT2D eigenvalue weighted by molar-refractivity contribution is 0.686. The van der Waals surface area contributed by atoms with Gasteiger partial charge < -0.3 is 0 Å². The van der Waals surface area contributed by atoms with Crippen LogP contribution >= 0.6 is 0 Å². The molecule has 0 spiro atoms. The number of rotatable bonds is 3. The van der Waals surface area contributed by atoms with Crippen LogP contribution in [-0.4, -0.2) is 14.8 Å². The van der Waals surface area contributed by atoms with Crippen LogP contribution in [0.15, 0.2) is 61.1 Å².